The third-order valence-electron chi connectivity index (χ3n) is 1.66. The van der Waals surface area contributed by atoms with Gasteiger partial charge in [-0.2, -0.15) is 10.2 Å². The van der Waals surface area contributed by atoms with E-state index < -0.39 is 0 Å². The molecule has 0 saturated carbocycles. The Hall–Kier alpha value is -1.71. The second-order valence-electron chi connectivity index (χ2n) is 2.48. The largest absolute Gasteiger partial charge is 0.205 e. The van der Waals surface area contributed by atoms with Crippen LogP contribution in [0.5, 0.6) is 0 Å². The Morgan fingerprint density at radius 2 is 1.92 bits per heavy atom. The highest BCUT2D eigenvalue weighted by atomic mass is 19.1. The molecule has 0 amide bonds. The number of hydrazone groups is 2. The van der Waals surface area contributed by atoms with E-state index in [1.807, 2.05) is 0 Å². The lowest BCUT2D eigenvalue weighted by Gasteiger charge is -2.14. The molecule has 0 N–H and O–H groups in total. The van der Waals surface area contributed by atoms with Gasteiger partial charge in [-0.15, -0.1) is 5.12 Å². The lowest BCUT2D eigenvalue weighted by Crippen LogP contribution is -2.09. The SMILES string of the molecule is C=NN(N=C)c1c(C)cccc1F. The van der Waals surface area contributed by atoms with Crippen molar-refractivity contribution in [3.63, 3.8) is 0 Å². The molecule has 4 heteroatoms. The van der Waals surface area contributed by atoms with Crippen molar-refractivity contribution in [2.45, 2.75) is 6.92 Å². The average Bonchev–Trinajstić information content (AvgIpc) is 2.11. The maximum Gasteiger partial charge on any atom is 0.150 e. The van der Waals surface area contributed by atoms with Gasteiger partial charge >= 0.3 is 0 Å². The molecule has 0 unspecified atom stereocenters. The van der Waals surface area contributed by atoms with Gasteiger partial charge in [0, 0.05) is 13.4 Å². The van der Waals surface area contributed by atoms with Gasteiger partial charge in [0.1, 0.15) is 5.69 Å². The van der Waals surface area contributed by atoms with Crippen molar-refractivity contribution in [3.05, 3.63) is 29.6 Å². The van der Waals surface area contributed by atoms with Gasteiger partial charge in [0.15, 0.2) is 5.82 Å². The average molecular weight is 179 g/mol. The van der Waals surface area contributed by atoms with Gasteiger partial charge in [-0.1, -0.05) is 12.1 Å². The van der Waals surface area contributed by atoms with E-state index in [9.17, 15) is 4.39 Å². The fraction of sp³-hybridized carbons (Fsp3) is 0.111. The Balaban J connectivity index is 3.25. The predicted octanol–water partition coefficient (Wildman–Crippen LogP) is 2.17. The number of hydrogen-bond donors (Lipinski definition) is 0. The fourth-order valence-electron chi connectivity index (χ4n) is 1.06. The fourth-order valence-corrected chi connectivity index (χ4v) is 1.06. The Bertz CT molecular complexity index is 307. The van der Waals surface area contributed by atoms with Crippen LogP contribution in [0.3, 0.4) is 0 Å². The molecule has 0 heterocycles. The zero-order valence-electron chi connectivity index (χ0n) is 7.37. The molecule has 0 radical (unpaired) electrons. The number of hydrogen-bond acceptors (Lipinski definition) is 3. The summed E-state index contributed by atoms with van der Waals surface area (Å²) in [6, 6.07) is 4.73. The topological polar surface area (TPSA) is 28.0 Å². The highest BCUT2D eigenvalue weighted by Crippen LogP contribution is 2.23. The molecule has 0 aliphatic rings. The van der Waals surface area contributed by atoms with Crippen molar-refractivity contribution in [1.82, 2.24) is 0 Å². The van der Waals surface area contributed by atoms with E-state index >= 15 is 0 Å². The number of benzene rings is 1. The number of anilines is 1. The monoisotopic (exact) mass is 179 g/mol. The Labute approximate surface area is 76.2 Å². The number of halogens is 1. The van der Waals surface area contributed by atoms with Gasteiger partial charge in [-0.3, -0.25) is 0 Å². The van der Waals surface area contributed by atoms with Crippen LogP contribution in [0.4, 0.5) is 10.1 Å². The van der Waals surface area contributed by atoms with Gasteiger partial charge in [0.2, 0.25) is 0 Å². The van der Waals surface area contributed by atoms with Crippen molar-refractivity contribution in [1.29, 1.82) is 0 Å². The summed E-state index contributed by atoms with van der Waals surface area (Å²) in [6.07, 6.45) is 0. The van der Waals surface area contributed by atoms with E-state index in [0.29, 0.717) is 0 Å². The van der Waals surface area contributed by atoms with Crippen molar-refractivity contribution in [2.24, 2.45) is 10.2 Å². The molecule has 0 aliphatic carbocycles. The van der Waals surface area contributed by atoms with E-state index in [0.717, 1.165) is 10.7 Å². The standard InChI is InChI=1S/C9H10FN3/c1-7-5-4-6-8(10)9(7)13(11-2)12-3/h4-6H,2-3H2,1H3. The number of para-hydroxylation sites is 1. The molecule has 0 fully saturated rings. The summed E-state index contributed by atoms with van der Waals surface area (Å²) in [7, 11) is 0. The second-order valence-corrected chi connectivity index (χ2v) is 2.48. The lowest BCUT2D eigenvalue weighted by molar-refractivity contribution is 0.620. The molecule has 68 valence electrons. The molecule has 0 saturated heterocycles. The zero-order chi connectivity index (χ0) is 9.84. The zero-order valence-corrected chi connectivity index (χ0v) is 7.37. The number of nitrogens with zero attached hydrogens (tertiary/aromatic N) is 3. The summed E-state index contributed by atoms with van der Waals surface area (Å²) in [5, 5.41) is 8.09. The van der Waals surface area contributed by atoms with Crippen LogP contribution in [0.15, 0.2) is 28.4 Å². The first kappa shape index (κ1) is 9.38. The van der Waals surface area contributed by atoms with Crippen LogP contribution in [0.25, 0.3) is 0 Å². The molecule has 13 heavy (non-hydrogen) atoms. The van der Waals surface area contributed by atoms with Crippen molar-refractivity contribution < 1.29 is 4.39 Å². The molecule has 3 nitrogen and oxygen atoms in total. The minimum atomic E-state index is -0.389. The van der Waals surface area contributed by atoms with Crippen LogP contribution in [0.1, 0.15) is 5.56 Å². The van der Waals surface area contributed by atoms with Gasteiger partial charge < -0.3 is 0 Å². The Morgan fingerprint density at radius 1 is 1.31 bits per heavy atom. The van der Waals surface area contributed by atoms with Gasteiger partial charge in [-0.25, -0.2) is 4.39 Å². The molecular formula is C9H10FN3. The smallest absolute Gasteiger partial charge is 0.150 e. The lowest BCUT2D eigenvalue weighted by atomic mass is 10.2. The first-order valence-electron chi connectivity index (χ1n) is 3.69. The van der Waals surface area contributed by atoms with Crippen molar-refractivity contribution in [2.75, 3.05) is 5.12 Å². The summed E-state index contributed by atoms with van der Waals surface area (Å²) in [6.45, 7) is 8.30. The molecule has 1 rings (SSSR count). The molecule has 0 atom stereocenters. The van der Waals surface area contributed by atoms with Crippen LogP contribution in [0, 0.1) is 12.7 Å². The van der Waals surface area contributed by atoms with E-state index in [2.05, 4.69) is 23.6 Å². The maximum absolute atomic E-state index is 13.3. The minimum Gasteiger partial charge on any atom is -0.205 e. The summed E-state index contributed by atoms with van der Waals surface area (Å²) in [4.78, 5) is 0. The molecule has 1 aromatic carbocycles. The normalized spacial score (nSPS) is 9.38. The summed E-state index contributed by atoms with van der Waals surface area (Å²) in [5.74, 6) is -0.389. The molecule has 0 spiro atoms. The van der Waals surface area contributed by atoms with E-state index in [1.165, 1.54) is 6.07 Å². The van der Waals surface area contributed by atoms with Crippen LogP contribution in [0.2, 0.25) is 0 Å². The first-order valence-corrected chi connectivity index (χ1v) is 3.69. The third kappa shape index (κ3) is 1.72. The van der Waals surface area contributed by atoms with Gasteiger partial charge in [-0.05, 0) is 18.6 Å². The van der Waals surface area contributed by atoms with E-state index in [4.69, 9.17) is 0 Å². The molecule has 0 bridgehead atoms. The third-order valence-corrected chi connectivity index (χ3v) is 1.66. The highest BCUT2D eigenvalue weighted by molar-refractivity contribution is 5.55. The molecule has 0 aliphatic heterocycles. The van der Waals surface area contributed by atoms with E-state index in [-0.39, 0.29) is 11.5 Å². The molecule has 1 aromatic rings. The predicted molar refractivity (Wildman–Crippen MR) is 52.7 cm³/mol. The van der Waals surface area contributed by atoms with Gasteiger partial charge in [0.25, 0.3) is 0 Å². The summed E-state index contributed by atoms with van der Waals surface area (Å²) < 4.78 is 13.3. The molecular weight excluding hydrogens is 169 g/mol. The van der Waals surface area contributed by atoms with Crippen LogP contribution in [-0.4, -0.2) is 13.4 Å². The number of rotatable bonds is 3. The Kier molecular flexibility index (Phi) is 2.74. The minimum absolute atomic E-state index is 0.285. The Morgan fingerprint density at radius 3 is 2.38 bits per heavy atom. The molecule has 0 aromatic heterocycles. The van der Waals surface area contributed by atoms with Crippen molar-refractivity contribution in [3.8, 4) is 0 Å². The first-order chi connectivity index (χ1) is 6.20. The van der Waals surface area contributed by atoms with Crippen LogP contribution >= 0.6 is 0 Å². The number of aryl methyl sites for hydroxylation is 1. The summed E-state index contributed by atoms with van der Waals surface area (Å²) >= 11 is 0. The van der Waals surface area contributed by atoms with Crippen molar-refractivity contribution >= 4 is 19.1 Å². The van der Waals surface area contributed by atoms with Gasteiger partial charge in [0.05, 0.1) is 0 Å². The quantitative estimate of drug-likeness (QED) is 0.516. The van der Waals surface area contributed by atoms with Crippen LogP contribution < -0.4 is 5.12 Å². The van der Waals surface area contributed by atoms with E-state index in [1.54, 1.807) is 19.1 Å². The highest BCUT2D eigenvalue weighted by Gasteiger charge is 2.10. The van der Waals surface area contributed by atoms with Crippen LogP contribution in [-0.2, 0) is 0 Å². The summed E-state index contributed by atoms with van der Waals surface area (Å²) in [5.41, 5.74) is 1.02. The second kappa shape index (κ2) is 3.80. The maximum atomic E-state index is 13.3.